The van der Waals surface area contributed by atoms with Crippen LogP contribution in [0.2, 0.25) is 0 Å². The third-order valence-electron chi connectivity index (χ3n) is 2.20. The fourth-order valence-corrected chi connectivity index (χ4v) is 1.44. The van der Waals surface area contributed by atoms with Crippen LogP contribution in [-0.2, 0) is 4.79 Å². The second kappa shape index (κ2) is 5.26. The van der Waals surface area contributed by atoms with E-state index in [4.69, 9.17) is 9.47 Å². The van der Waals surface area contributed by atoms with Gasteiger partial charge in [0, 0.05) is 12.5 Å². The lowest BCUT2D eigenvalue weighted by Crippen LogP contribution is -2.19. The molecule has 88 valence electrons. The van der Waals surface area contributed by atoms with E-state index in [1.807, 2.05) is 18.2 Å². The Kier molecular flexibility index (Phi) is 3.51. The number of rotatable bonds is 1. The van der Waals surface area contributed by atoms with Gasteiger partial charge in [-0.05, 0) is 18.2 Å². The molecule has 0 unspecified atom stereocenters. The Labute approximate surface area is 99.9 Å². The third-order valence-corrected chi connectivity index (χ3v) is 2.20. The highest BCUT2D eigenvalue weighted by Gasteiger charge is 2.10. The number of ether oxygens (including phenoxy) is 2. The van der Waals surface area contributed by atoms with Crippen LogP contribution in [0.3, 0.4) is 0 Å². The zero-order chi connectivity index (χ0) is 12.1. The number of carbonyl (C=O) groups is 1. The Morgan fingerprint density at radius 1 is 1.35 bits per heavy atom. The van der Waals surface area contributed by atoms with Crippen molar-refractivity contribution in [2.75, 3.05) is 19.8 Å². The molecule has 0 atom stereocenters. The Morgan fingerprint density at radius 2 is 2.12 bits per heavy atom. The molecule has 1 heterocycles. The predicted molar refractivity (Wildman–Crippen MR) is 63.0 cm³/mol. The van der Waals surface area contributed by atoms with Crippen molar-refractivity contribution >= 4 is 5.91 Å². The van der Waals surface area contributed by atoms with Gasteiger partial charge in [-0.3, -0.25) is 4.79 Å². The highest BCUT2D eigenvalue weighted by atomic mass is 16.6. The molecule has 1 aliphatic rings. The van der Waals surface area contributed by atoms with Crippen molar-refractivity contribution in [2.45, 2.75) is 6.92 Å². The van der Waals surface area contributed by atoms with Crippen molar-refractivity contribution in [3.05, 3.63) is 23.8 Å². The normalized spacial score (nSPS) is 12.3. The maximum Gasteiger partial charge on any atom is 0.217 e. The van der Waals surface area contributed by atoms with Crippen molar-refractivity contribution < 1.29 is 14.3 Å². The number of fused-ring (bicyclic) bond motifs is 1. The average Bonchev–Trinajstić information content (AvgIpc) is 2.34. The van der Waals surface area contributed by atoms with E-state index in [1.54, 1.807) is 0 Å². The van der Waals surface area contributed by atoms with Crippen LogP contribution in [0.1, 0.15) is 12.5 Å². The fourth-order valence-electron chi connectivity index (χ4n) is 1.44. The lowest BCUT2D eigenvalue weighted by Gasteiger charge is -2.17. The zero-order valence-electron chi connectivity index (χ0n) is 9.58. The van der Waals surface area contributed by atoms with Crippen LogP contribution < -0.4 is 14.8 Å². The Bertz CT molecular complexity index is 485. The fraction of sp³-hybridized carbons (Fsp3) is 0.308. The number of hydrogen-bond donors (Lipinski definition) is 1. The molecule has 1 N–H and O–H groups in total. The Morgan fingerprint density at radius 3 is 2.88 bits per heavy atom. The van der Waals surface area contributed by atoms with E-state index in [2.05, 4.69) is 17.2 Å². The maximum absolute atomic E-state index is 10.6. The number of hydrogen-bond acceptors (Lipinski definition) is 3. The summed E-state index contributed by atoms with van der Waals surface area (Å²) in [5.41, 5.74) is 0.847. The van der Waals surface area contributed by atoms with Gasteiger partial charge in [0.25, 0.3) is 0 Å². The molecule has 0 aliphatic carbocycles. The van der Waals surface area contributed by atoms with Crippen molar-refractivity contribution in [2.24, 2.45) is 0 Å². The van der Waals surface area contributed by atoms with E-state index >= 15 is 0 Å². The molecule has 1 aromatic rings. The van der Waals surface area contributed by atoms with Crippen molar-refractivity contribution in [1.82, 2.24) is 5.32 Å². The molecule has 0 spiro atoms. The highest BCUT2D eigenvalue weighted by Crippen LogP contribution is 2.30. The van der Waals surface area contributed by atoms with Crippen molar-refractivity contribution in [1.29, 1.82) is 0 Å². The summed E-state index contributed by atoms with van der Waals surface area (Å²) in [6.07, 6.45) is 0. The molecule has 2 rings (SSSR count). The molecule has 0 bridgehead atoms. The molecule has 4 heteroatoms. The predicted octanol–water partition coefficient (Wildman–Crippen LogP) is 0.945. The molecule has 1 amide bonds. The summed E-state index contributed by atoms with van der Waals surface area (Å²) in [5.74, 6) is 7.21. The van der Waals surface area contributed by atoms with Crippen molar-refractivity contribution in [3.8, 4) is 23.3 Å². The van der Waals surface area contributed by atoms with Crippen LogP contribution in [0.25, 0.3) is 0 Å². The molecule has 1 aliphatic heterocycles. The van der Waals surface area contributed by atoms with Gasteiger partial charge in [0.05, 0.1) is 6.54 Å². The van der Waals surface area contributed by atoms with Crippen LogP contribution in [0.15, 0.2) is 18.2 Å². The molecule has 4 nitrogen and oxygen atoms in total. The number of amides is 1. The smallest absolute Gasteiger partial charge is 0.217 e. The van der Waals surface area contributed by atoms with E-state index < -0.39 is 0 Å². The van der Waals surface area contributed by atoms with Gasteiger partial charge >= 0.3 is 0 Å². The van der Waals surface area contributed by atoms with Crippen LogP contribution >= 0.6 is 0 Å². The number of benzene rings is 1. The maximum atomic E-state index is 10.6. The SMILES string of the molecule is CC(=O)NCC#Cc1ccc2c(c1)OCCO2. The standard InChI is InChI=1S/C13H13NO3/c1-10(15)14-6-2-3-11-4-5-12-13(9-11)17-8-7-16-12/h4-5,9H,6-8H2,1H3,(H,14,15). The first-order valence-corrected chi connectivity index (χ1v) is 5.38. The van der Waals surface area contributed by atoms with Gasteiger partial charge < -0.3 is 14.8 Å². The van der Waals surface area contributed by atoms with Gasteiger partial charge in [0.2, 0.25) is 5.91 Å². The van der Waals surface area contributed by atoms with Crippen LogP contribution in [0.4, 0.5) is 0 Å². The minimum absolute atomic E-state index is 0.0820. The summed E-state index contributed by atoms with van der Waals surface area (Å²) in [5, 5.41) is 2.61. The third kappa shape index (κ3) is 3.15. The van der Waals surface area contributed by atoms with Gasteiger partial charge in [-0.25, -0.2) is 0 Å². The van der Waals surface area contributed by atoms with Gasteiger partial charge in [-0.1, -0.05) is 11.8 Å². The van der Waals surface area contributed by atoms with Gasteiger partial charge in [0.1, 0.15) is 13.2 Å². The summed E-state index contributed by atoms with van der Waals surface area (Å²) in [7, 11) is 0. The molecule has 0 fully saturated rings. The molecule has 0 radical (unpaired) electrons. The molecule has 17 heavy (non-hydrogen) atoms. The van der Waals surface area contributed by atoms with Gasteiger partial charge in [0.15, 0.2) is 11.5 Å². The topological polar surface area (TPSA) is 47.6 Å². The summed E-state index contributed by atoms with van der Waals surface area (Å²) < 4.78 is 10.9. The first kappa shape index (κ1) is 11.3. The molecule has 0 saturated heterocycles. The summed E-state index contributed by atoms with van der Waals surface area (Å²) in [6, 6.07) is 5.56. The highest BCUT2D eigenvalue weighted by molar-refractivity contribution is 5.73. The van der Waals surface area contributed by atoms with Crippen LogP contribution in [-0.4, -0.2) is 25.7 Å². The lowest BCUT2D eigenvalue weighted by atomic mass is 10.2. The number of carbonyl (C=O) groups excluding carboxylic acids is 1. The summed E-state index contributed by atoms with van der Waals surface area (Å²) in [6.45, 7) is 2.96. The van der Waals surface area contributed by atoms with E-state index in [1.165, 1.54) is 6.92 Å². The van der Waals surface area contributed by atoms with Gasteiger partial charge in [-0.15, -0.1) is 0 Å². The molecule has 0 aromatic heterocycles. The van der Waals surface area contributed by atoms with Crippen LogP contribution in [0, 0.1) is 11.8 Å². The Hall–Kier alpha value is -2.15. The van der Waals surface area contributed by atoms with Gasteiger partial charge in [-0.2, -0.15) is 0 Å². The first-order valence-electron chi connectivity index (χ1n) is 5.38. The number of nitrogens with one attached hydrogen (secondary N) is 1. The summed E-state index contributed by atoms with van der Waals surface area (Å²) >= 11 is 0. The second-order valence-electron chi connectivity index (χ2n) is 3.57. The largest absolute Gasteiger partial charge is 0.486 e. The molecular weight excluding hydrogens is 218 g/mol. The lowest BCUT2D eigenvalue weighted by molar-refractivity contribution is -0.118. The second-order valence-corrected chi connectivity index (χ2v) is 3.57. The van der Waals surface area contributed by atoms with Crippen LogP contribution in [0.5, 0.6) is 11.5 Å². The minimum atomic E-state index is -0.0820. The Balaban J connectivity index is 2.04. The minimum Gasteiger partial charge on any atom is -0.486 e. The summed E-state index contributed by atoms with van der Waals surface area (Å²) in [4.78, 5) is 10.6. The quantitative estimate of drug-likeness (QED) is 0.732. The molecular formula is C13H13NO3. The first-order chi connectivity index (χ1) is 8.25. The zero-order valence-corrected chi connectivity index (χ0v) is 9.58. The molecule has 1 aromatic carbocycles. The molecule has 0 saturated carbocycles. The van der Waals surface area contributed by atoms with Crippen molar-refractivity contribution in [3.63, 3.8) is 0 Å². The van der Waals surface area contributed by atoms with E-state index in [0.717, 1.165) is 17.1 Å². The van der Waals surface area contributed by atoms with E-state index in [-0.39, 0.29) is 5.91 Å². The average molecular weight is 231 g/mol. The van der Waals surface area contributed by atoms with E-state index in [0.29, 0.717) is 19.8 Å². The monoisotopic (exact) mass is 231 g/mol. The van der Waals surface area contributed by atoms with E-state index in [9.17, 15) is 4.79 Å².